The Morgan fingerprint density at radius 2 is 2.00 bits per heavy atom. The Morgan fingerprint density at radius 1 is 1.29 bits per heavy atom. The first-order valence-corrected chi connectivity index (χ1v) is 6.01. The summed E-state index contributed by atoms with van der Waals surface area (Å²) in [4.78, 5) is 12.0. The number of aromatic nitrogens is 2. The maximum atomic E-state index is 12.9. The zero-order valence-electron chi connectivity index (χ0n) is 11.3. The van der Waals surface area contributed by atoms with E-state index >= 15 is 0 Å². The zero-order chi connectivity index (χ0) is 15.6. The van der Waals surface area contributed by atoms with Gasteiger partial charge in [-0.25, -0.2) is 0 Å². The van der Waals surface area contributed by atoms with Crippen molar-refractivity contribution in [2.75, 3.05) is 17.7 Å². The van der Waals surface area contributed by atoms with Gasteiger partial charge in [-0.2, -0.15) is 18.3 Å². The van der Waals surface area contributed by atoms with Gasteiger partial charge in [-0.1, -0.05) is 0 Å². The average molecular weight is 298 g/mol. The van der Waals surface area contributed by atoms with Crippen molar-refractivity contribution in [3.05, 3.63) is 41.6 Å². The first-order chi connectivity index (χ1) is 9.81. The standard InChI is InChI=1S/C13H13F3N4O/c1-17-10-4-3-8(7-9(10)13(14,15)16)12(21)18-11-5-6-20(2)19-11/h3-7,17H,1-2H3,(H,18,19,21). The highest BCUT2D eigenvalue weighted by atomic mass is 19.4. The number of anilines is 2. The van der Waals surface area contributed by atoms with Gasteiger partial charge >= 0.3 is 6.18 Å². The summed E-state index contributed by atoms with van der Waals surface area (Å²) in [5, 5.41) is 8.82. The van der Waals surface area contributed by atoms with E-state index in [1.807, 2.05) is 0 Å². The molecule has 0 fully saturated rings. The van der Waals surface area contributed by atoms with Crippen molar-refractivity contribution in [3.8, 4) is 0 Å². The molecule has 0 aliphatic heterocycles. The fraction of sp³-hybridized carbons (Fsp3) is 0.231. The van der Waals surface area contributed by atoms with Gasteiger partial charge in [0.2, 0.25) is 0 Å². The van der Waals surface area contributed by atoms with Crippen molar-refractivity contribution >= 4 is 17.4 Å². The number of nitrogens with one attached hydrogen (secondary N) is 2. The van der Waals surface area contributed by atoms with Crippen LogP contribution in [0.5, 0.6) is 0 Å². The Morgan fingerprint density at radius 3 is 2.52 bits per heavy atom. The third-order valence-corrected chi connectivity index (χ3v) is 2.81. The number of nitrogens with zero attached hydrogens (tertiary/aromatic N) is 2. The lowest BCUT2D eigenvalue weighted by molar-refractivity contribution is -0.136. The van der Waals surface area contributed by atoms with Crippen molar-refractivity contribution in [3.63, 3.8) is 0 Å². The molecule has 0 aliphatic carbocycles. The van der Waals surface area contributed by atoms with Crippen molar-refractivity contribution in [1.82, 2.24) is 9.78 Å². The number of hydrogen-bond donors (Lipinski definition) is 2. The molecule has 2 rings (SSSR count). The summed E-state index contributed by atoms with van der Waals surface area (Å²) in [6.07, 6.45) is -2.93. The van der Waals surface area contributed by atoms with Crippen LogP contribution in [0.2, 0.25) is 0 Å². The molecule has 21 heavy (non-hydrogen) atoms. The van der Waals surface area contributed by atoms with E-state index in [0.717, 1.165) is 6.07 Å². The molecule has 0 atom stereocenters. The number of benzene rings is 1. The molecule has 0 spiro atoms. The predicted octanol–water partition coefficient (Wildman–Crippen LogP) is 2.73. The number of halogens is 3. The van der Waals surface area contributed by atoms with Gasteiger partial charge in [0.05, 0.1) is 5.56 Å². The maximum absolute atomic E-state index is 12.9. The molecule has 0 aliphatic rings. The van der Waals surface area contributed by atoms with Crippen molar-refractivity contribution in [2.45, 2.75) is 6.18 Å². The summed E-state index contributed by atoms with van der Waals surface area (Å²) in [5.41, 5.74) is -1.07. The molecule has 0 saturated heterocycles. The minimum absolute atomic E-state index is 0.0862. The van der Waals surface area contributed by atoms with Crippen LogP contribution in [0.3, 0.4) is 0 Å². The van der Waals surface area contributed by atoms with Crippen molar-refractivity contribution in [2.24, 2.45) is 7.05 Å². The van der Waals surface area contributed by atoms with E-state index in [1.54, 1.807) is 19.3 Å². The molecule has 1 amide bonds. The highest BCUT2D eigenvalue weighted by molar-refractivity contribution is 6.04. The topological polar surface area (TPSA) is 59.0 Å². The number of amides is 1. The normalized spacial score (nSPS) is 11.3. The average Bonchev–Trinajstić information content (AvgIpc) is 2.82. The summed E-state index contributed by atoms with van der Waals surface area (Å²) in [6.45, 7) is 0. The number of aryl methyl sites for hydroxylation is 1. The van der Waals surface area contributed by atoms with Gasteiger partial charge in [-0.15, -0.1) is 0 Å². The summed E-state index contributed by atoms with van der Waals surface area (Å²) in [7, 11) is 3.05. The van der Waals surface area contributed by atoms with Crippen LogP contribution in [0.4, 0.5) is 24.7 Å². The third kappa shape index (κ3) is 3.33. The number of hydrogen-bond acceptors (Lipinski definition) is 3. The summed E-state index contributed by atoms with van der Waals surface area (Å²) in [6, 6.07) is 4.89. The Hall–Kier alpha value is -2.51. The monoisotopic (exact) mass is 298 g/mol. The molecular weight excluding hydrogens is 285 g/mol. The molecular formula is C13H13F3N4O. The lowest BCUT2D eigenvalue weighted by Gasteiger charge is -2.13. The predicted molar refractivity (Wildman–Crippen MR) is 72.2 cm³/mol. The molecule has 0 bridgehead atoms. The number of carbonyl (C=O) groups excluding carboxylic acids is 1. The molecule has 2 N–H and O–H groups in total. The maximum Gasteiger partial charge on any atom is 0.418 e. The van der Waals surface area contributed by atoms with E-state index in [2.05, 4.69) is 15.7 Å². The summed E-state index contributed by atoms with van der Waals surface area (Å²) in [5.74, 6) is -0.379. The molecule has 2 aromatic rings. The Balaban J connectivity index is 2.29. The van der Waals surface area contributed by atoms with Crippen LogP contribution < -0.4 is 10.6 Å². The quantitative estimate of drug-likeness (QED) is 0.916. The Bertz CT molecular complexity index is 664. The number of alkyl halides is 3. The highest BCUT2D eigenvalue weighted by Gasteiger charge is 2.34. The van der Waals surface area contributed by atoms with Gasteiger partial charge < -0.3 is 10.6 Å². The summed E-state index contributed by atoms with van der Waals surface area (Å²) >= 11 is 0. The first-order valence-electron chi connectivity index (χ1n) is 6.01. The van der Waals surface area contributed by atoms with Crippen LogP contribution in [0.25, 0.3) is 0 Å². The first kappa shape index (κ1) is 14.9. The molecule has 5 nitrogen and oxygen atoms in total. The second kappa shape index (κ2) is 5.47. The van der Waals surface area contributed by atoms with Crippen molar-refractivity contribution < 1.29 is 18.0 Å². The van der Waals surface area contributed by atoms with E-state index < -0.39 is 17.6 Å². The largest absolute Gasteiger partial charge is 0.418 e. The lowest BCUT2D eigenvalue weighted by atomic mass is 10.1. The van der Waals surface area contributed by atoms with E-state index in [-0.39, 0.29) is 17.1 Å². The van der Waals surface area contributed by atoms with Crippen LogP contribution in [-0.2, 0) is 13.2 Å². The van der Waals surface area contributed by atoms with Gasteiger partial charge in [-0.05, 0) is 18.2 Å². The van der Waals surface area contributed by atoms with Crippen LogP contribution in [0.1, 0.15) is 15.9 Å². The minimum Gasteiger partial charge on any atom is -0.388 e. The molecule has 1 aromatic heterocycles. The summed E-state index contributed by atoms with van der Waals surface area (Å²) < 4.78 is 40.2. The van der Waals surface area contributed by atoms with Crippen LogP contribution in [-0.4, -0.2) is 22.7 Å². The fourth-order valence-electron chi connectivity index (χ4n) is 1.81. The van der Waals surface area contributed by atoms with Gasteiger partial charge in [0, 0.05) is 37.6 Å². The van der Waals surface area contributed by atoms with Crippen LogP contribution >= 0.6 is 0 Å². The third-order valence-electron chi connectivity index (χ3n) is 2.81. The highest BCUT2D eigenvalue weighted by Crippen LogP contribution is 2.35. The molecule has 0 saturated carbocycles. The Labute approximate surface area is 118 Å². The van der Waals surface area contributed by atoms with E-state index in [9.17, 15) is 18.0 Å². The number of carbonyl (C=O) groups is 1. The van der Waals surface area contributed by atoms with Gasteiger partial charge in [0.1, 0.15) is 0 Å². The van der Waals surface area contributed by atoms with Crippen LogP contribution in [0.15, 0.2) is 30.5 Å². The van der Waals surface area contributed by atoms with Gasteiger partial charge in [0.15, 0.2) is 5.82 Å². The zero-order valence-corrected chi connectivity index (χ0v) is 11.3. The number of rotatable bonds is 3. The molecule has 0 radical (unpaired) electrons. The molecule has 1 heterocycles. The van der Waals surface area contributed by atoms with E-state index in [0.29, 0.717) is 0 Å². The molecule has 0 unspecified atom stereocenters. The second-order valence-corrected chi connectivity index (χ2v) is 4.34. The SMILES string of the molecule is CNc1ccc(C(=O)Nc2ccn(C)n2)cc1C(F)(F)F. The molecule has 112 valence electrons. The minimum atomic E-state index is -4.54. The molecule has 1 aromatic carbocycles. The van der Waals surface area contributed by atoms with Crippen LogP contribution in [0, 0.1) is 0 Å². The second-order valence-electron chi connectivity index (χ2n) is 4.34. The lowest BCUT2D eigenvalue weighted by Crippen LogP contribution is -2.15. The van der Waals surface area contributed by atoms with Gasteiger partial charge in [0.25, 0.3) is 5.91 Å². The van der Waals surface area contributed by atoms with E-state index in [1.165, 1.54) is 23.9 Å². The van der Waals surface area contributed by atoms with Gasteiger partial charge in [-0.3, -0.25) is 9.48 Å². The van der Waals surface area contributed by atoms with Crippen molar-refractivity contribution in [1.29, 1.82) is 0 Å². The smallest absolute Gasteiger partial charge is 0.388 e. The van der Waals surface area contributed by atoms with E-state index in [4.69, 9.17) is 0 Å². The molecule has 8 heteroatoms. The Kier molecular flexibility index (Phi) is 3.88. The fourth-order valence-corrected chi connectivity index (χ4v) is 1.81.